The Morgan fingerprint density at radius 1 is 0.947 bits per heavy atom. The van der Waals surface area contributed by atoms with E-state index in [2.05, 4.69) is 28.7 Å². The number of rotatable bonds is 9. The molecule has 1 amide bonds. The second-order valence-corrected chi connectivity index (χ2v) is 9.31. The average Bonchev–Trinajstić information content (AvgIpc) is 3.24. The van der Waals surface area contributed by atoms with Crippen LogP contribution in [0.1, 0.15) is 51.1 Å². The van der Waals surface area contributed by atoms with Crippen LogP contribution in [0.2, 0.25) is 0 Å². The third-order valence-electron chi connectivity index (χ3n) is 7.02. The van der Waals surface area contributed by atoms with E-state index in [-0.39, 0.29) is 30.0 Å². The number of ether oxygens (including phenoxy) is 2. The van der Waals surface area contributed by atoms with Crippen molar-refractivity contribution in [3.05, 3.63) is 101 Å². The van der Waals surface area contributed by atoms with Crippen molar-refractivity contribution in [1.82, 2.24) is 4.90 Å². The van der Waals surface area contributed by atoms with Gasteiger partial charge in [-0.05, 0) is 73.3 Å². The molecule has 3 aromatic rings. The number of esters is 1. The van der Waals surface area contributed by atoms with E-state index in [1.54, 1.807) is 12.1 Å². The van der Waals surface area contributed by atoms with Gasteiger partial charge in [-0.1, -0.05) is 42.5 Å². The number of benzene rings is 3. The Labute approximate surface area is 219 Å². The quantitative estimate of drug-likeness (QED) is 0.379. The summed E-state index contributed by atoms with van der Waals surface area (Å²) < 4.78 is 46.2. The molecule has 1 aliphatic heterocycles. The van der Waals surface area contributed by atoms with Gasteiger partial charge in [-0.15, -0.1) is 13.2 Å². The summed E-state index contributed by atoms with van der Waals surface area (Å²) in [5.41, 5.74) is 8.32. The monoisotopic (exact) mass is 526 g/mol. The molecule has 1 fully saturated rings. The van der Waals surface area contributed by atoms with Crippen LogP contribution in [0, 0.1) is 5.92 Å². The van der Waals surface area contributed by atoms with Crippen molar-refractivity contribution in [1.29, 1.82) is 0 Å². The van der Waals surface area contributed by atoms with Crippen LogP contribution in [0.15, 0.2) is 78.9 Å². The van der Waals surface area contributed by atoms with Gasteiger partial charge in [-0.3, -0.25) is 9.69 Å². The predicted molar refractivity (Wildman–Crippen MR) is 136 cm³/mol. The lowest BCUT2D eigenvalue weighted by molar-refractivity contribution is -0.274. The summed E-state index contributed by atoms with van der Waals surface area (Å²) in [6, 6.07) is 22.5. The number of nitrogens with zero attached hydrogens (tertiary/aromatic N) is 1. The molecule has 0 saturated carbocycles. The molecular weight excluding hydrogens is 497 g/mol. The lowest BCUT2D eigenvalue weighted by Gasteiger charge is -2.31. The molecule has 0 unspecified atom stereocenters. The van der Waals surface area contributed by atoms with Crippen LogP contribution in [0.4, 0.5) is 13.2 Å². The zero-order valence-electron chi connectivity index (χ0n) is 20.9. The highest BCUT2D eigenvalue weighted by Gasteiger charge is 2.37. The first-order chi connectivity index (χ1) is 18.1. The van der Waals surface area contributed by atoms with E-state index >= 15 is 0 Å². The molecule has 1 heterocycles. The Morgan fingerprint density at radius 3 is 2.16 bits per heavy atom. The Morgan fingerprint density at radius 2 is 1.55 bits per heavy atom. The van der Waals surface area contributed by atoms with Gasteiger partial charge in [0.2, 0.25) is 5.91 Å². The molecule has 38 heavy (non-hydrogen) atoms. The minimum atomic E-state index is -4.79. The second-order valence-electron chi connectivity index (χ2n) is 9.31. The number of likely N-dealkylation sites (tertiary alicyclic amines) is 1. The third-order valence-corrected chi connectivity index (χ3v) is 7.02. The summed E-state index contributed by atoms with van der Waals surface area (Å²) in [4.78, 5) is 26.2. The number of carbonyl (C=O) groups excluding carboxylic acids is 2. The smallest absolute Gasteiger partial charge is 0.461 e. The number of amides is 1. The van der Waals surface area contributed by atoms with Gasteiger partial charge in [0.05, 0.1) is 5.56 Å². The number of carbonyl (C=O) groups is 2. The van der Waals surface area contributed by atoms with Crippen molar-refractivity contribution in [2.75, 3.05) is 19.7 Å². The fourth-order valence-electron chi connectivity index (χ4n) is 5.12. The summed E-state index contributed by atoms with van der Waals surface area (Å²) in [5, 5.41) is 0. The zero-order chi connectivity index (χ0) is 27.3. The molecule has 2 N–H and O–H groups in total. The summed E-state index contributed by atoms with van der Waals surface area (Å²) in [5.74, 6) is -1.08. The zero-order valence-corrected chi connectivity index (χ0v) is 20.9. The largest absolute Gasteiger partial charge is 0.573 e. The summed E-state index contributed by atoms with van der Waals surface area (Å²) in [6.07, 6.45) is -3.86. The van der Waals surface area contributed by atoms with Crippen LogP contribution in [0.25, 0.3) is 0 Å². The second kappa shape index (κ2) is 11.7. The molecule has 200 valence electrons. The Bertz CT molecular complexity index is 1230. The Kier molecular flexibility index (Phi) is 8.36. The highest BCUT2D eigenvalue weighted by Crippen LogP contribution is 2.41. The number of hydrogen-bond acceptors (Lipinski definition) is 5. The number of alkyl halides is 3. The van der Waals surface area contributed by atoms with E-state index < -0.39 is 24.0 Å². The number of primary amides is 1. The van der Waals surface area contributed by atoms with Gasteiger partial charge < -0.3 is 15.2 Å². The molecule has 6 nitrogen and oxygen atoms in total. The van der Waals surface area contributed by atoms with E-state index in [1.165, 1.54) is 17.7 Å². The topological polar surface area (TPSA) is 81.9 Å². The van der Waals surface area contributed by atoms with Crippen LogP contribution in [0.3, 0.4) is 0 Å². The highest BCUT2D eigenvalue weighted by atomic mass is 19.4. The maximum absolute atomic E-state index is 12.4. The van der Waals surface area contributed by atoms with E-state index in [4.69, 9.17) is 10.5 Å². The van der Waals surface area contributed by atoms with Crippen molar-refractivity contribution in [3.63, 3.8) is 0 Å². The molecule has 9 heteroatoms. The first-order valence-corrected chi connectivity index (χ1v) is 12.3. The van der Waals surface area contributed by atoms with Crippen molar-refractivity contribution in [3.8, 4) is 5.75 Å². The molecule has 0 bridgehead atoms. The summed E-state index contributed by atoms with van der Waals surface area (Å²) >= 11 is 0. The van der Waals surface area contributed by atoms with E-state index in [1.807, 2.05) is 30.3 Å². The molecule has 3 atom stereocenters. The standard InChI is InChI=1S/C29H29F3N2O4/c1-19-25(26(20-5-3-2-4-6-20)21-7-9-22(10-8-21)27(33)35)15-16-34(19)17-18-37-28(36)23-11-13-24(14-12-23)38-29(30,31)32/h2-14,19,25-26H,15-18H2,1H3,(H2,33,35)/t19-,25+,26-/m0/s1. The number of nitrogens with two attached hydrogens (primary N) is 1. The molecule has 4 rings (SSSR count). The number of halogens is 3. The third kappa shape index (κ3) is 6.72. The predicted octanol–water partition coefficient (Wildman–Crippen LogP) is 5.38. The van der Waals surface area contributed by atoms with Crippen LogP contribution in [-0.2, 0) is 4.74 Å². The first kappa shape index (κ1) is 27.2. The normalized spacial score (nSPS) is 18.6. The fraction of sp³-hybridized carbons (Fsp3) is 0.310. The molecule has 1 saturated heterocycles. The van der Waals surface area contributed by atoms with Gasteiger partial charge in [0.15, 0.2) is 0 Å². The van der Waals surface area contributed by atoms with Crippen molar-refractivity contribution < 1.29 is 32.2 Å². The van der Waals surface area contributed by atoms with Crippen molar-refractivity contribution >= 4 is 11.9 Å². The van der Waals surface area contributed by atoms with Gasteiger partial charge in [0, 0.05) is 24.1 Å². The average molecular weight is 527 g/mol. The van der Waals surface area contributed by atoms with Crippen LogP contribution in [0.5, 0.6) is 5.75 Å². The van der Waals surface area contributed by atoms with Crippen molar-refractivity contribution in [2.45, 2.75) is 31.7 Å². The molecule has 1 aliphatic rings. The van der Waals surface area contributed by atoms with Gasteiger partial charge >= 0.3 is 12.3 Å². The van der Waals surface area contributed by atoms with E-state index in [0.717, 1.165) is 30.7 Å². The van der Waals surface area contributed by atoms with E-state index in [0.29, 0.717) is 12.1 Å². The molecule has 0 aliphatic carbocycles. The molecule has 0 radical (unpaired) electrons. The number of hydrogen-bond donors (Lipinski definition) is 1. The minimum absolute atomic E-state index is 0.109. The molecule has 0 aromatic heterocycles. The van der Waals surface area contributed by atoms with Gasteiger partial charge in [-0.2, -0.15) is 0 Å². The van der Waals surface area contributed by atoms with Crippen LogP contribution in [-0.4, -0.2) is 48.9 Å². The van der Waals surface area contributed by atoms with Crippen molar-refractivity contribution in [2.24, 2.45) is 11.7 Å². The lowest BCUT2D eigenvalue weighted by atomic mass is 9.77. The SMILES string of the molecule is C[C@H]1[C@H]([C@@H](c2ccccc2)c2ccc(C(N)=O)cc2)CCN1CCOC(=O)c1ccc(OC(F)(F)F)cc1. The lowest BCUT2D eigenvalue weighted by Crippen LogP contribution is -2.35. The maximum atomic E-state index is 12.4. The summed E-state index contributed by atoms with van der Waals surface area (Å²) in [6.45, 7) is 3.67. The van der Waals surface area contributed by atoms with E-state index in [9.17, 15) is 22.8 Å². The fourth-order valence-corrected chi connectivity index (χ4v) is 5.12. The highest BCUT2D eigenvalue weighted by molar-refractivity contribution is 5.92. The van der Waals surface area contributed by atoms with Gasteiger partial charge in [-0.25, -0.2) is 4.79 Å². The van der Waals surface area contributed by atoms with Gasteiger partial charge in [0.25, 0.3) is 0 Å². The minimum Gasteiger partial charge on any atom is -0.461 e. The first-order valence-electron chi connectivity index (χ1n) is 12.3. The van der Waals surface area contributed by atoms with Gasteiger partial charge in [0.1, 0.15) is 12.4 Å². The maximum Gasteiger partial charge on any atom is 0.573 e. The van der Waals surface area contributed by atoms with Crippen LogP contribution >= 0.6 is 0 Å². The van der Waals surface area contributed by atoms with Crippen LogP contribution < -0.4 is 10.5 Å². The Hall–Kier alpha value is -3.85. The molecular formula is C29H29F3N2O4. The summed E-state index contributed by atoms with van der Waals surface area (Å²) in [7, 11) is 0. The molecule has 3 aromatic carbocycles. The molecule has 0 spiro atoms. The Balaban J connectivity index is 1.38.